The van der Waals surface area contributed by atoms with Gasteiger partial charge in [0.2, 0.25) is 5.91 Å². The molecule has 0 saturated carbocycles. The number of amides is 1. The van der Waals surface area contributed by atoms with E-state index in [1.807, 2.05) is 0 Å². The summed E-state index contributed by atoms with van der Waals surface area (Å²) in [4.78, 5) is 20.9. The molecule has 0 bridgehead atoms. The molecule has 0 spiro atoms. The number of carboxylic acid groups (broad SMARTS) is 1. The lowest BCUT2D eigenvalue weighted by molar-refractivity contribution is -0.139. The van der Waals surface area contributed by atoms with Crippen LogP contribution in [0.25, 0.3) is 0 Å². The third kappa shape index (κ3) is 2.35. The first-order chi connectivity index (χ1) is 5.11. The Hall–Kier alpha value is -0.810. The Balaban J connectivity index is 0.00000121. The number of carbonyl (C=O) groups is 2. The van der Waals surface area contributed by atoms with Crippen molar-refractivity contribution in [1.82, 2.24) is 5.32 Å². The Kier molecular flexibility index (Phi) is 3.99. The average molecular weight is 195 g/mol. The minimum atomic E-state index is -0.922. The fourth-order valence-corrected chi connectivity index (χ4v) is 1.14. The van der Waals surface area contributed by atoms with Crippen LogP contribution in [0.15, 0.2) is 0 Å². The van der Waals surface area contributed by atoms with Gasteiger partial charge in [-0.2, -0.15) is 0 Å². The van der Waals surface area contributed by atoms with Crippen molar-refractivity contribution in [3.8, 4) is 0 Å². The number of carbonyl (C=O) groups excluding carboxylic acids is 1. The number of nitrogens with two attached hydrogens (primary N) is 1. The van der Waals surface area contributed by atoms with Crippen molar-refractivity contribution in [2.75, 3.05) is 6.54 Å². The monoisotopic (exact) mass is 194 g/mol. The van der Waals surface area contributed by atoms with Crippen LogP contribution in [-0.2, 0) is 9.59 Å². The molecule has 0 aliphatic carbocycles. The van der Waals surface area contributed by atoms with Gasteiger partial charge in [-0.25, -0.2) is 0 Å². The molecule has 0 aromatic carbocycles. The first kappa shape index (κ1) is 11.2. The number of rotatable bonds is 2. The van der Waals surface area contributed by atoms with E-state index in [9.17, 15) is 9.59 Å². The maximum Gasteiger partial charge on any atom is 0.320 e. The van der Waals surface area contributed by atoms with Crippen LogP contribution >= 0.6 is 12.4 Å². The van der Waals surface area contributed by atoms with E-state index in [1.165, 1.54) is 0 Å². The van der Waals surface area contributed by atoms with Gasteiger partial charge in [0.25, 0.3) is 0 Å². The molecule has 5 nitrogen and oxygen atoms in total. The SMILES string of the molecule is Cl.NC(=O)[C@H]1CN[C@H](C(=O)O)C1. The van der Waals surface area contributed by atoms with Crippen molar-refractivity contribution in [2.24, 2.45) is 11.7 Å². The minimum absolute atomic E-state index is 0. The van der Waals surface area contributed by atoms with Crippen LogP contribution in [0.4, 0.5) is 0 Å². The van der Waals surface area contributed by atoms with Gasteiger partial charge in [0.15, 0.2) is 0 Å². The van der Waals surface area contributed by atoms with Crippen LogP contribution in [-0.4, -0.2) is 29.6 Å². The summed E-state index contributed by atoms with van der Waals surface area (Å²) in [5, 5.41) is 11.2. The molecule has 1 saturated heterocycles. The summed E-state index contributed by atoms with van der Waals surface area (Å²) in [5.74, 6) is -1.67. The highest BCUT2D eigenvalue weighted by atomic mass is 35.5. The third-order valence-corrected chi connectivity index (χ3v) is 1.83. The first-order valence-electron chi connectivity index (χ1n) is 3.36. The maximum absolute atomic E-state index is 10.6. The lowest BCUT2D eigenvalue weighted by Gasteiger charge is -2.01. The van der Waals surface area contributed by atoms with Crippen LogP contribution in [0.5, 0.6) is 0 Å². The molecular weight excluding hydrogens is 184 g/mol. The Morgan fingerprint density at radius 1 is 1.50 bits per heavy atom. The highest BCUT2D eigenvalue weighted by Crippen LogP contribution is 2.12. The second kappa shape index (κ2) is 4.27. The van der Waals surface area contributed by atoms with Crippen LogP contribution < -0.4 is 11.1 Å². The summed E-state index contributed by atoms with van der Waals surface area (Å²) in [6, 6.07) is -0.604. The molecule has 0 radical (unpaired) electrons. The molecule has 1 rings (SSSR count). The van der Waals surface area contributed by atoms with E-state index in [0.717, 1.165) is 0 Å². The van der Waals surface area contributed by atoms with Crippen molar-refractivity contribution in [2.45, 2.75) is 12.5 Å². The van der Waals surface area contributed by atoms with Gasteiger partial charge in [0.1, 0.15) is 6.04 Å². The van der Waals surface area contributed by atoms with Gasteiger partial charge in [-0.1, -0.05) is 0 Å². The molecule has 0 aromatic heterocycles. The van der Waals surface area contributed by atoms with Crippen LogP contribution in [0.2, 0.25) is 0 Å². The molecule has 1 aliphatic rings. The van der Waals surface area contributed by atoms with Gasteiger partial charge < -0.3 is 16.2 Å². The molecule has 12 heavy (non-hydrogen) atoms. The molecule has 2 atom stereocenters. The van der Waals surface area contributed by atoms with E-state index >= 15 is 0 Å². The summed E-state index contributed by atoms with van der Waals surface area (Å²) >= 11 is 0. The zero-order valence-corrected chi connectivity index (χ0v) is 7.13. The number of primary amides is 1. The Morgan fingerprint density at radius 2 is 2.08 bits per heavy atom. The van der Waals surface area contributed by atoms with Crippen molar-refractivity contribution in [3.05, 3.63) is 0 Å². The number of hydrogen-bond donors (Lipinski definition) is 3. The fourth-order valence-electron chi connectivity index (χ4n) is 1.14. The van der Waals surface area contributed by atoms with Crippen molar-refractivity contribution in [1.29, 1.82) is 0 Å². The zero-order chi connectivity index (χ0) is 8.43. The number of carboxylic acids is 1. The fraction of sp³-hybridized carbons (Fsp3) is 0.667. The second-order valence-electron chi connectivity index (χ2n) is 2.63. The number of hydrogen-bond acceptors (Lipinski definition) is 3. The first-order valence-corrected chi connectivity index (χ1v) is 3.36. The molecule has 1 amide bonds. The second-order valence-corrected chi connectivity index (χ2v) is 2.63. The molecule has 70 valence electrons. The molecule has 1 aliphatic heterocycles. The lowest BCUT2D eigenvalue weighted by Crippen LogP contribution is -2.30. The molecule has 4 N–H and O–H groups in total. The van der Waals surface area contributed by atoms with Gasteiger partial charge in [-0.15, -0.1) is 12.4 Å². The highest BCUT2D eigenvalue weighted by molar-refractivity contribution is 5.85. The van der Waals surface area contributed by atoms with E-state index in [2.05, 4.69) is 5.32 Å². The number of halogens is 1. The molecule has 1 fully saturated rings. The van der Waals surface area contributed by atoms with Crippen molar-refractivity contribution in [3.63, 3.8) is 0 Å². The lowest BCUT2D eigenvalue weighted by atomic mass is 10.1. The normalized spacial score (nSPS) is 27.7. The van der Waals surface area contributed by atoms with E-state index in [0.29, 0.717) is 13.0 Å². The predicted octanol–water partition coefficient (Wildman–Crippen LogP) is -1.04. The Morgan fingerprint density at radius 3 is 2.33 bits per heavy atom. The topological polar surface area (TPSA) is 92.4 Å². The summed E-state index contributed by atoms with van der Waals surface area (Å²) in [5.41, 5.74) is 4.99. The van der Waals surface area contributed by atoms with Gasteiger partial charge in [0.05, 0.1) is 5.92 Å². The van der Waals surface area contributed by atoms with E-state index in [1.54, 1.807) is 0 Å². The van der Waals surface area contributed by atoms with Crippen LogP contribution in [0.1, 0.15) is 6.42 Å². The summed E-state index contributed by atoms with van der Waals surface area (Å²) in [7, 11) is 0. The summed E-state index contributed by atoms with van der Waals surface area (Å²) in [6.45, 7) is 0.381. The summed E-state index contributed by atoms with van der Waals surface area (Å²) < 4.78 is 0. The Bertz CT molecular complexity index is 177. The molecule has 0 unspecified atom stereocenters. The third-order valence-electron chi connectivity index (χ3n) is 1.83. The smallest absolute Gasteiger partial charge is 0.320 e. The minimum Gasteiger partial charge on any atom is -0.480 e. The van der Waals surface area contributed by atoms with Crippen LogP contribution in [0, 0.1) is 5.92 Å². The van der Waals surface area contributed by atoms with Crippen molar-refractivity contribution < 1.29 is 14.7 Å². The largest absolute Gasteiger partial charge is 0.480 e. The molecule has 6 heteroatoms. The number of nitrogens with one attached hydrogen (secondary N) is 1. The van der Waals surface area contributed by atoms with Gasteiger partial charge in [0, 0.05) is 6.54 Å². The number of aliphatic carboxylic acids is 1. The molecule has 1 heterocycles. The van der Waals surface area contributed by atoms with Crippen LogP contribution in [0.3, 0.4) is 0 Å². The van der Waals surface area contributed by atoms with Gasteiger partial charge in [-0.05, 0) is 6.42 Å². The quantitative estimate of drug-likeness (QED) is 0.524. The zero-order valence-electron chi connectivity index (χ0n) is 6.32. The Labute approximate surface area is 75.7 Å². The summed E-state index contributed by atoms with van der Waals surface area (Å²) in [6.07, 6.45) is 0.310. The standard InChI is InChI=1S/C6H10N2O3.ClH/c7-5(9)3-1-4(6(10)11)8-2-3;/h3-4,8H,1-2H2,(H2,7,9)(H,10,11);1H/t3-,4+;/m1./s1. The predicted molar refractivity (Wildman–Crippen MR) is 44.0 cm³/mol. The van der Waals surface area contributed by atoms with Crippen molar-refractivity contribution >= 4 is 24.3 Å². The average Bonchev–Trinajstić information content (AvgIpc) is 2.33. The van der Waals surface area contributed by atoms with Gasteiger partial charge >= 0.3 is 5.97 Å². The van der Waals surface area contributed by atoms with E-state index in [4.69, 9.17) is 10.8 Å². The van der Waals surface area contributed by atoms with E-state index < -0.39 is 17.9 Å². The molecule has 0 aromatic rings. The highest BCUT2D eigenvalue weighted by Gasteiger charge is 2.31. The maximum atomic E-state index is 10.6. The van der Waals surface area contributed by atoms with Gasteiger partial charge in [-0.3, -0.25) is 9.59 Å². The van der Waals surface area contributed by atoms with E-state index in [-0.39, 0.29) is 18.3 Å². The molecular formula is C6H11ClN2O3.